The molecule has 0 amide bonds. The molecule has 0 atom stereocenters. The van der Waals surface area contributed by atoms with Crippen LogP contribution in [0.1, 0.15) is 13.8 Å². The van der Waals surface area contributed by atoms with Crippen molar-refractivity contribution >= 4 is 38.3 Å². The molecule has 6 heteroatoms. The zero-order chi connectivity index (χ0) is 12.9. The molecule has 0 aromatic heterocycles. The van der Waals surface area contributed by atoms with Crippen molar-refractivity contribution in [3.63, 3.8) is 0 Å². The first-order valence-corrected chi connectivity index (χ1v) is 8.11. The summed E-state index contributed by atoms with van der Waals surface area (Å²) in [5.74, 6) is 0.0805. The van der Waals surface area contributed by atoms with Gasteiger partial charge in [0.2, 0.25) is 10.0 Å². The van der Waals surface area contributed by atoms with E-state index in [9.17, 15) is 8.42 Å². The van der Waals surface area contributed by atoms with Crippen molar-refractivity contribution in [2.75, 3.05) is 17.0 Å². The third-order valence-electron chi connectivity index (χ3n) is 2.04. The van der Waals surface area contributed by atoms with Crippen LogP contribution in [0.3, 0.4) is 0 Å². The number of halogens is 1. The van der Waals surface area contributed by atoms with Crippen LogP contribution in [0.15, 0.2) is 24.3 Å². The molecule has 0 radical (unpaired) electrons. The largest absolute Gasteiger partial charge is 0.313 e. The summed E-state index contributed by atoms with van der Waals surface area (Å²) in [5, 5.41) is 3.08. The lowest BCUT2D eigenvalue weighted by atomic mass is 10.3. The Hall–Kier alpha value is -0.340. The number of hydrogen-bond donors (Lipinski definition) is 2. The van der Waals surface area contributed by atoms with Gasteiger partial charge in [0.05, 0.1) is 5.75 Å². The van der Waals surface area contributed by atoms with E-state index in [1.165, 1.54) is 0 Å². The van der Waals surface area contributed by atoms with E-state index < -0.39 is 10.0 Å². The number of nitrogens with one attached hydrogen (secondary N) is 2. The number of rotatable bonds is 6. The number of sulfonamides is 1. The fourth-order valence-corrected chi connectivity index (χ4v) is 2.57. The van der Waals surface area contributed by atoms with E-state index >= 15 is 0 Å². The highest BCUT2D eigenvalue weighted by atomic mass is 127. The van der Waals surface area contributed by atoms with Crippen LogP contribution < -0.4 is 10.0 Å². The summed E-state index contributed by atoms with van der Waals surface area (Å²) in [6.07, 6.45) is 0. The molecule has 0 saturated heterocycles. The summed E-state index contributed by atoms with van der Waals surface area (Å²) in [7, 11) is -3.26. The Morgan fingerprint density at radius 3 is 2.35 bits per heavy atom. The van der Waals surface area contributed by atoms with Crippen molar-refractivity contribution < 1.29 is 8.42 Å². The molecule has 0 bridgehead atoms. The molecule has 1 aromatic carbocycles. The summed E-state index contributed by atoms with van der Waals surface area (Å²) < 4.78 is 27.1. The molecule has 0 spiro atoms. The zero-order valence-corrected chi connectivity index (χ0v) is 12.9. The second kappa shape index (κ2) is 6.55. The van der Waals surface area contributed by atoms with Gasteiger partial charge in [0.25, 0.3) is 0 Å². The van der Waals surface area contributed by atoms with E-state index in [-0.39, 0.29) is 5.75 Å². The van der Waals surface area contributed by atoms with Crippen molar-refractivity contribution in [3.8, 4) is 0 Å². The van der Waals surface area contributed by atoms with Crippen LogP contribution in [-0.4, -0.2) is 26.8 Å². The molecule has 4 nitrogen and oxygen atoms in total. The molecular weight excluding hydrogens is 351 g/mol. The quantitative estimate of drug-likeness (QED) is 0.756. The first-order valence-electron chi connectivity index (χ1n) is 5.38. The SMILES string of the molecule is CC(C)NCCS(=O)(=O)Nc1ccc(I)cc1. The lowest BCUT2D eigenvalue weighted by molar-refractivity contribution is 0.582. The maximum absolute atomic E-state index is 11.7. The van der Waals surface area contributed by atoms with Gasteiger partial charge in [-0.05, 0) is 46.9 Å². The molecule has 1 aromatic rings. The van der Waals surface area contributed by atoms with E-state index in [2.05, 4.69) is 32.6 Å². The van der Waals surface area contributed by atoms with Gasteiger partial charge in [0.1, 0.15) is 0 Å². The molecule has 0 aliphatic heterocycles. The van der Waals surface area contributed by atoms with Crippen molar-refractivity contribution in [2.45, 2.75) is 19.9 Å². The highest BCUT2D eigenvalue weighted by Crippen LogP contribution is 2.12. The fraction of sp³-hybridized carbons (Fsp3) is 0.455. The van der Waals surface area contributed by atoms with Gasteiger partial charge in [-0.15, -0.1) is 0 Å². The average molecular weight is 368 g/mol. The number of anilines is 1. The third kappa shape index (κ3) is 6.23. The molecule has 0 unspecified atom stereocenters. The van der Waals surface area contributed by atoms with E-state index in [1.54, 1.807) is 12.1 Å². The lowest BCUT2D eigenvalue weighted by Gasteiger charge is -2.10. The lowest BCUT2D eigenvalue weighted by Crippen LogP contribution is -2.30. The Bertz CT molecular complexity index is 443. The molecule has 1 rings (SSSR count). The third-order valence-corrected chi connectivity index (χ3v) is 4.05. The monoisotopic (exact) mass is 368 g/mol. The Labute approximate surface area is 116 Å². The minimum atomic E-state index is -3.26. The first-order chi connectivity index (χ1) is 7.89. The summed E-state index contributed by atoms with van der Waals surface area (Å²) in [6, 6.07) is 7.54. The van der Waals surface area contributed by atoms with Gasteiger partial charge in [0.15, 0.2) is 0 Å². The van der Waals surface area contributed by atoms with E-state index in [4.69, 9.17) is 0 Å². The molecular formula is C11H17IN2O2S. The van der Waals surface area contributed by atoms with Crippen LogP contribution in [-0.2, 0) is 10.0 Å². The second-order valence-corrected chi connectivity index (χ2v) is 7.12. The normalized spacial score (nSPS) is 11.8. The summed E-state index contributed by atoms with van der Waals surface area (Å²) >= 11 is 2.18. The molecule has 0 saturated carbocycles. The first kappa shape index (κ1) is 14.7. The maximum atomic E-state index is 11.7. The standard InChI is InChI=1S/C11H17IN2O2S/c1-9(2)13-7-8-17(15,16)14-11-5-3-10(12)4-6-11/h3-6,9,13-14H,7-8H2,1-2H3. The summed E-state index contributed by atoms with van der Waals surface area (Å²) in [6.45, 7) is 4.43. The molecule has 0 heterocycles. The summed E-state index contributed by atoms with van der Waals surface area (Å²) in [5.41, 5.74) is 0.606. The number of hydrogen-bond acceptors (Lipinski definition) is 3. The van der Waals surface area contributed by atoms with Gasteiger partial charge in [0, 0.05) is 21.8 Å². The Kier molecular flexibility index (Phi) is 5.68. The molecule has 0 aliphatic carbocycles. The fourth-order valence-electron chi connectivity index (χ4n) is 1.23. The highest BCUT2D eigenvalue weighted by Gasteiger charge is 2.09. The molecule has 96 valence electrons. The van der Waals surface area contributed by atoms with Gasteiger partial charge in [-0.25, -0.2) is 8.42 Å². The van der Waals surface area contributed by atoms with Crippen LogP contribution >= 0.6 is 22.6 Å². The van der Waals surface area contributed by atoms with Crippen molar-refractivity contribution in [2.24, 2.45) is 0 Å². The molecule has 0 aliphatic rings. The summed E-state index contributed by atoms with van der Waals surface area (Å²) in [4.78, 5) is 0. The van der Waals surface area contributed by atoms with Gasteiger partial charge in [-0.3, -0.25) is 4.72 Å². The van der Waals surface area contributed by atoms with Crippen LogP contribution in [0.4, 0.5) is 5.69 Å². The van der Waals surface area contributed by atoms with Crippen LogP contribution in [0.5, 0.6) is 0 Å². The predicted molar refractivity (Wildman–Crippen MR) is 79.7 cm³/mol. The predicted octanol–water partition coefficient (Wildman–Crippen LogP) is 2.03. The van der Waals surface area contributed by atoms with Crippen molar-refractivity contribution in [1.82, 2.24) is 5.32 Å². The minimum Gasteiger partial charge on any atom is -0.313 e. The van der Waals surface area contributed by atoms with Crippen molar-refractivity contribution in [1.29, 1.82) is 0 Å². The van der Waals surface area contributed by atoms with E-state index in [1.807, 2.05) is 26.0 Å². The van der Waals surface area contributed by atoms with Gasteiger partial charge in [-0.1, -0.05) is 13.8 Å². The molecule has 2 N–H and O–H groups in total. The maximum Gasteiger partial charge on any atom is 0.233 e. The van der Waals surface area contributed by atoms with Crippen LogP contribution in [0, 0.1) is 3.57 Å². The Balaban J connectivity index is 2.52. The smallest absolute Gasteiger partial charge is 0.233 e. The van der Waals surface area contributed by atoms with Crippen LogP contribution in [0.2, 0.25) is 0 Å². The number of benzene rings is 1. The Morgan fingerprint density at radius 1 is 1.24 bits per heavy atom. The van der Waals surface area contributed by atoms with Gasteiger partial charge < -0.3 is 5.32 Å². The molecule has 17 heavy (non-hydrogen) atoms. The van der Waals surface area contributed by atoms with Gasteiger partial charge in [-0.2, -0.15) is 0 Å². The Morgan fingerprint density at radius 2 is 1.82 bits per heavy atom. The second-order valence-electron chi connectivity index (χ2n) is 4.04. The van der Waals surface area contributed by atoms with Crippen LogP contribution in [0.25, 0.3) is 0 Å². The minimum absolute atomic E-state index is 0.0805. The van der Waals surface area contributed by atoms with Gasteiger partial charge >= 0.3 is 0 Å². The van der Waals surface area contributed by atoms with E-state index in [0.29, 0.717) is 18.3 Å². The zero-order valence-electron chi connectivity index (χ0n) is 9.90. The van der Waals surface area contributed by atoms with E-state index in [0.717, 1.165) is 3.57 Å². The molecule has 0 fully saturated rings. The topological polar surface area (TPSA) is 58.2 Å². The highest BCUT2D eigenvalue weighted by molar-refractivity contribution is 14.1. The van der Waals surface area contributed by atoms with Crippen molar-refractivity contribution in [3.05, 3.63) is 27.8 Å². The average Bonchev–Trinajstić information content (AvgIpc) is 2.20.